The Labute approximate surface area is 130 Å². The lowest BCUT2D eigenvalue weighted by Gasteiger charge is -2.14. The molecule has 1 aromatic carbocycles. The number of hydrogen-bond acceptors (Lipinski definition) is 5. The Morgan fingerprint density at radius 2 is 2.19 bits per heavy atom. The van der Waals surface area contributed by atoms with E-state index >= 15 is 0 Å². The summed E-state index contributed by atoms with van der Waals surface area (Å²) in [5.74, 6) is -1.19. The molecule has 0 aromatic heterocycles. The molecule has 6 nitrogen and oxygen atoms in total. The average molecular weight is 356 g/mol. The summed E-state index contributed by atoms with van der Waals surface area (Å²) in [6, 6.07) is 5.39. The summed E-state index contributed by atoms with van der Waals surface area (Å²) in [4.78, 5) is 23.3. The summed E-state index contributed by atoms with van der Waals surface area (Å²) < 4.78 is 15.8. The van der Waals surface area contributed by atoms with Gasteiger partial charge in [0.2, 0.25) is 5.76 Å². The molecule has 112 valence electrons. The molecule has 21 heavy (non-hydrogen) atoms. The zero-order valence-corrected chi connectivity index (χ0v) is 12.9. The second-order valence-electron chi connectivity index (χ2n) is 4.29. The third-order valence-corrected chi connectivity index (χ3v) is 3.52. The molecule has 0 fully saturated rings. The van der Waals surface area contributed by atoms with E-state index in [1.807, 2.05) is 19.1 Å². The summed E-state index contributed by atoms with van der Waals surface area (Å²) >= 11 is 3.38. The van der Waals surface area contributed by atoms with Crippen LogP contribution in [-0.2, 0) is 23.8 Å². The molecule has 1 aliphatic heterocycles. The highest BCUT2D eigenvalue weighted by molar-refractivity contribution is 9.10. The summed E-state index contributed by atoms with van der Waals surface area (Å²) in [5.41, 5.74) is 1.62. The smallest absolute Gasteiger partial charge is 0.377 e. The van der Waals surface area contributed by atoms with Crippen LogP contribution in [0.25, 0.3) is 0 Å². The first kappa shape index (κ1) is 15.4. The highest BCUT2D eigenvalue weighted by Crippen LogP contribution is 2.19. The van der Waals surface area contributed by atoms with Gasteiger partial charge in [-0.2, -0.15) is 0 Å². The van der Waals surface area contributed by atoms with E-state index < -0.39 is 18.5 Å². The second-order valence-corrected chi connectivity index (χ2v) is 5.14. The van der Waals surface area contributed by atoms with Crippen molar-refractivity contribution < 1.29 is 23.8 Å². The molecule has 1 heterocycles. The second kappa shape index (κ2) is 7.12. The fourth-order valence-corrected chi connectivity index (χ4v) is 1.84. The van der Waals surface area contributed by atoms with Crippen LogP contribution >= 0.6 is 15.9 Å². The monoisotopic (exact) mass is 355 g/mol. The third-order valence-electron chi connectivity index (χ3n) is 2.63. The van der Waals surface area contributed by atoms with Gasteiger partial charge in [0.1, 0.15) is 19.5 Å². The maximum atomic E-state index is 11.7. The zero-order valence-electron chi connectivity index (χ0n) is 11.3. The van der Waals surface area contributed by atoms with Gasteiger partial charge in [-0.3, -0.25) is 4.79 Å². The summed E-state index contributed by atoms with van der Waals surface area (Å²) in [7, 11) is 0. The molecule has 0 atom stereocenters. The summed E-state index contributed by atoms with van der Waals surface area (Å²) in [6.45, 7) is 2.19. The fraction of sp³-hybridized carbons (Fsp3) is 0.286. The van der Waals surface area contributed by atoms with Gasteiger partial charge in [0, 0.05) is 10.2 Å². The lowest BCUT2D eigenvalue weighted by molar-refractivity contribution is -0.148. The largest absolute Gasteiger partial charge is 0.493 e. The molecule has 0 saturated heterocycles. The number of hydrogen-bond donors (Lipinski definition) is 1. The van der Waals surface area contributed by atoms with Crippen LogP contribution in [0.3, 0.4) is 0 Å². The minimum atomic E-state index is -0.725. The van der Waals surface area contributed by atoms with Gasteiger partial charge in [-0.1, -0.05) is 15.9 Å². The Morgan fingerprint density at radius 1 is 1.38 bits per heavy atom. The van der Waals surface area contributed by atoms with Crippen LogP contribution in [0.15, 0.2) is 34.7 Å². The number of anilines is 1. The number of nitrogens with one attached hydrogen (secondary N) is 1. The first-order valence-electron chi connectivity index (χ1n) is 6.24. The van der Waals surface area contributed by atoms with Gasteiger partial charge in [-0.05, 0) is 30.7 Å². The lowest BCUT2D eigenvalue weighted by atomic mass is 10.2. The van der Waals surface area contributed by atoms with Gasteiger partial charge in [0.15, 0.2) is 6.61 Å². The first-order chi connectivity index (χ1) is 10.1. The minimum Gasteiger partial charge on any atom is -0.493 e. The van der Waals surface area contributed by atoms with E-state index in [1.165, 1.54) is 6.26 Å². The van der Waals surface area contributed by atoms with Crippen molar-refractivity contribution in [1.29, 1.82) is 0 Å². The minimum absolute atomic E-state index is 0.0338. The van der Waals surface area contributed by atoms with E-state index in [-0.39, 0.29) is 12.4 Å². The molecule has 0 spiro atoms. The maximum Gasteiger partial charge on any atom is 0.377 e. The van der Waals surface area contributed by atoms with Gasteiger partial charge >= 0.3 is 5.97 Å². The highest BCUT2D eigenvalue weighted by atomic mass is 79.9. The van der Waals surface area contributed by atoms with E-state index in [2.05, 4.69) is 21.2 Å². The SMILES string of the molecule is Cc1cc(NC(=O)COC(=O)C2=COCCO2)ccc1Br. The molecule has 0 radical (unpaired) electrons. The van der Waals surface area contributed by atoms with E-state index in [0.29, 0.717) is 12.3 Å². The molecular weight excluding hydrogens is 342 g/mol. The van der Waals surface area contributed by atoms with Crippen molar-refractivity contribution in [2.75, 3.05) is 25.1 Å². The standard InChI is InChI=1S/C14H14BrNO5/c1-9-6-10(2-3-11(9)15)16-13(17)8-21-14(18)12-7-19-4-5-20-12/h2-3,6-7H,4-5,8H2,1H3,(H,16,17). The fourth-order valence-electron chi connectivity index (χ4n) is 1.60. The topological polar surface area (TPSA) is 73.9 Å². The number of carbonyl (C=O) groups excluding carboxylic acids is 2. The van der Waals surface area contributed by atoms with Crippen molar-refractivity contribution in [2.45, 2.75) is 6.92 Å². The van der Waals surface area contributed by atoms with Crippen molar-refractivity contribution in [1.82, 2.24) is 0 Å². The number of ether oxygens (including phenoxy) is 3. The Kier molecular flexibility index (Phi) is 5.21. The Hall–Kier alpha value is -2.02. The van der Waals surface area contributed by atoms with Gasteiger partial charge in [0.25, 0.3) is 5.91 Å². The molecule has 2 rings (SSSR count). The molecule has 0 bridgehead atoms. The number of halogens is 1. The molecule has 1 amide bonds. The molecular formula is C14H14BrNO5. The van der Waals surface area contributed by atoms with Crippen molar-refractivity contribution in [3.05, 3.63) is 40.3 Å². The van der Waals surface area contributed by atoms with E-state index in [0.717, 1.165) is 10.0 Å². The quantitative estimate of drug-likeness (QED) is 0.837. The predicted molar refractivity (Wildman–Crippen MR) is 78.5 cm³/mol. The van der Waals surface area contributed by atoms with Crippen molar-refractivity contribution >= 4 is 33.5 Å². The predicted octanol–water partition coefficient (Wildman–Crippen LogP) is 2.13. The van der Waals surface area contributed by atoms with Crippen LogP contribution < -0.4 is 5.32 Å². The van der Waals surface area contributed by atoms with Crippen LogP contribution in [0.5, 0.6) is 0 Å². The highest BCUT2D eigenvalue weighted by Gasteiger charge is 2.17. The van der Waals surface area contributed by atoms with Crippen molar-refractivity contribution in [3.8, 4) is 0 Å². The van der Waals surface area contributed by atoms with Crippen LogP contribution in [0.1, 0.15) is 5.56 Å². The number of carbonyl (C=O) groups is 2. The molecule has 1 aromatic rings. The molecule has 0 aliphatic carbocycles. The summed E-state index contributed by atoms with van der Waals surface area (Å²) in [6.07, 6.45) is 1.18. The van der Waals surface area contributed by atoms with Crippen molar-refractivity contribution in [3.63, 3.8) is 0 Å². The number of aryl methyl sites for hydroxylation is 1. The van der Waals surface area contributed by atoms with Crippen LogP contribution in [0, 0.1) is 6.92 Å². The van der Waals surface area contributed by atoms with Crippen LogP contribution in [0.2, 0.25) is 0 Å². The Bertz CT molecular complexity index is 585. The van der Waals surface area contributed by atoms with Crippen LogP contribution in [0.4, 0.5) is 5.69 Å². The Morgan fingerprint density at radius 3 is 2.86 bits per heavy atom. The third kappa shape index (κ3) is 4.49. The van der Waals surface area contributed by atoms with Gasteiger partial charge in [-0.25, -0.2) is 4.79 Å². The van der Waals surface area contributed by atoms with E-state index in [9.17, 15) is 9.59 Å². The molecule has 1 aliphatic rings. The number of esters is 1. The first-order valence-corrected chi connectivity index (χ1v) is 7.03. The number of rotatable bonds is 4. The summed E-state index contributed by atoms with van der Waals surface area (Å²) in [5, 5.41) is 2.64. The molecule has 7 heteroatoms. The van der Waals surface area contributed by atoms with E-state index in [4.69, 9.17) is 14.2 Å². The normalized spacial score (nSPS) is 13.5. The molecule has 0 unspecified atom stereocenters. The molecule has 0 saturated carbocycles. The van der Waals surface area contributed by atoms with Gasteiger partial charge < -0.3 is 19.5 Å². The maximum absolute atomic E-state index is 11.7. The number of amides is 1. The van der Waals surface area contributed by atoms with E-state index in [1.54, 1.807) is 6.07 Å². The van der Waals surface area contributed by atoms with Gasteiger partial charge in [0.05, 0.1) is 0 Å². The zero-order chi connectivity index (χ0) is 15.2. The van der Waals surface area contributed by atoms with Gasteiger partial charge in [-0.15, -0.1) is 0 Å². The molecule has 1 N–H and O–H groups in total. The Balaban J connectivity index is 1.83. The average Bonchev–Trinajstić information content (AvgIpc) is 2.49. The van der Waals surface area contributed by atoms with Crippen LogP contribution in [-0.4, -0.2) is 31.7 Å². The van der Waals surface area contributed by atoms with Crippen molar-refractivity contribution in [2.24, 2.45) is 0 Å². The lowest BCUT2D eigenvalue weighted by Crippen LogP contribution is -2.23. The number of benzene rings is 1.